The average molecular weight is 343 g/mol. The summed E-state index contributed by atoms with van der Waals surface area (Å²) < 4.78 is 5.14. The first-order chi connectivity index (χ1) is 11.9. The molecule has 0 bridgehead atoms. The van der Waals surface area contributed by atoms with Crippen molar-refractivity contribution in [3.05, 3.63) is 60.1 Å². The molecule has 0 aromatic heterocycles. The lowest BCUT2D eigenvalue weighted by molar-refractivity contribution is -0.119. The van der Waals surface area contributed by atoms with Crippen molar-refractivity contribution in [3.63, 3.8) is 0 Å². The van der Waals surface area contributed by atoms with E-state index in [2.05, 4.69) is 5.32 Å². The summed E-state index contributed by atoms with van der Waals surface area (Å²) >= 11 is 0. The van der Waals surface area contributed by atoms with Gasteiger partial charge >= 0.3 is 0 Å². The third kappa shape index (κ3) is 3.67. The van der Waals surface area contributed by atoms with Crippen LogP contribution >= 0.6 is 0 Å². The smallest absolute Gasteiger partial charge is 0.248 e. The molecule has 7 nitrogen and oxygen atoms in total. The normalized spacial score (nSPS) is 31.6. The minimum Gasteiger partial charge on any atom is -0.510 e. The topological polar surface area (TPSA) is 116 Å². The minimum absolute atomic E-state index is 0.0432. The molecule has 1 amide bonds. The summed E-state index contributed by atoms with van der Waals surface area (Å²) in [6.07, 6.45) is 11.0. The number of fused-ring (bicyclic) bond motifs is 1. The van der Waals surface area contributed by atoms with Crippen LogP contribution < -0.4 is 5.32 Å². The van der Waals surface area contributed by atoms with E-state index in [4.69, 9.17) is 4.74 Å². The third-order valence-electron chi connectivity index (χ3n) is 4.09. The Kier molecular flexibility index (Phi) is 4.52. The minimum atomic E-state index is -1.31. The number of carbonyl (C=O) groups excluding carboxylic acids is 3. The van der Waals surface area contributed by atoms with Crippen LogP contribution in [0.3, 0.4) is 0 Å². The Hall–Kier alpha value is -2.77. The summed E-state index contributed by atoms with van der Waals surface area (Å²) in [5.41, 5.74) is -1.35. The van der Waals surface area contributed by atoms with Crippen molar-refractivity contribution < 1.29 is 29.3 Å². The second-order valence-electron chi connectivity index (χ2n) is 5.94. The Morgan fingerprint density at radius 3 is 2.72 bits per heavy atom. The van der Waals surface area contributed by atoms with E-state index in [0.717, 1.165) is 0 Å². The fourth-order valence-electron chi connectivity index (χ4n) is 2.67. The van der Waals surface area contributed by atoms with Gasteiger partial charge in [-0.15, -0.1) is 0 Å². The van der Waals surface area contributed by atoms with Crippen molar-refractivity contribution in [3.8, 4) is 0 Å². The van der Waals surface area contributed by atoms with Crippen LogP contribution in [0.4, 0.5) is 0 Å². The standard InChI is InChI=1S/C18H17NO6/c20-11-6-7-12(21)15(11)19-14(23)5-3-1-2-4-9-18(24)10-8-13(22)16-17(18)25-16/h1-5,8-10,16-17,20,24H,6-7H2,(H,19,23). The molecule has 3 unspecified atom stereocenters. The maximum Gasteiger partial charge on any atom is 0.248 e. The van der Waals surface area contributed by atoms with Crippen molar-refractivity contribution in [2.24, 2.45) is 0 Å². The number of carbonyl (C=O) groups is 3. The lowest BCUT2D eigenvalue weighted by Crippen LogP contribution is -2.36. The molecule has 130 valence electrons. The average Bonchev–Trinajstić information content (AvgIpc) is 3.34. The Morgan fingerprint density at radius 2 is 2.00 bits per heavy atom. The van der Waals surface area contributed by atoms with E-state index in [1.54, 1.807) is 18.2 Å². The Balaban J connectivity index is 1.50. The highest BCUT2D eigenvalue weighted by Gasteiger charge is 2.57. The Morgan fingerprint density at radius 1 is 1.24 bits per heavy atom. The number of hydrogen-bond acceptors (Lipinski definition) is 6. The second kappa shape index (κ2) is 6.62. The number of aliphatic hydroxyl groups is 2. The first-order valence-corrected chi connectivity index (χ1v) is 7.80. The van der Waals surface area contributed by atoms with Gasteiger partial charge in [-0.05, 0) is 18.2 Å². The molecule has 0 saturated carbocycles. The molecule has 1 aliphatic heterocycles. The van der Waals surface area contributed by atoms with Crippen LogP contribution in [-0.2, 0) is 19.1 Å². The van der Waals surface area contributed by atoms with Gasteiger partial charge in [0.25, 0.3) is 0 Å². The maximum absolute atomic E-state index is 11.7. The molecule has 1 saturated heterocycles. The van der Waals surface area contributed by atoms with Gasteiger partial charge in [-0.1, -0.05) is 24.3 Å². The summed E-state index contributed by atoms with van der Waals surface area (Å²) in [5.74, 6) is -1.05. The summed E-state index contributed by atoms with van der Waals surface area (Å²) in [7, 11) is 0. The number of amides is 1. The Labute approximate surface area is 143 Å². The Bertz CT molecular complexity index is 772. The van der Waals surface area contributed by atoms with Gasteiger partial charge in [-0.25, -0.2) is 0 Å². The van der Waals surface area contributed by atoms with Gasteiger partial charge in [-0.2, -0.15) is 0 Å². The fourth-order valence-corrected chi connectivity index (χ4v) is 2.67. The van der Waals surface area contributed by atoms with Gasteiger partial charge < -0.3 is 20.3 Å². The molecular weight excluding hydrogens is 326 g/mol. The van der Waals surface area contributed by atoms with Gasteiger partial charge in [0.15, 0.2) is 11.6 Å². The molecule has 3 rings (SSSR count). The summed E-state index contributed by atoms with van der Waals surface area (Å²) in [5, 5.41) is 22.1. The van der Waals surface area contributed by atoms with Gasteiger partial charge in [0.05, 0.1) is 0 Å². The number of allylic oxidation sites excluding steroid dienone is 6. The van der Waals surface area contributed by atoms with Crippen molar-refractivity contribution in [2.75, 3.05) is 0 Å². The molecular formula is C18H17NO6. The molecule has 7 heteroatoms. The monoisotopic (exact) mass is 343 g/mol. The van der Waals surface area contributed by atoms with Gasteiger partial charge in [0, 0.05) is 18.9 Å². The fraction of sp³-hybridized carbons (Fsp3) is 0.278. The lowest BCUT2D eigenvalue weighted by atomic mass is 9.90. The quantitative estimate of drug-likeness (QED) is 0.381. The largest absolute Gasteiger partial charge is 0.510 e. The first-order valence-electron chi connectivity index (χ1n) is 7.80. The van der Waals surface area contributed by atoms with E-state index in [0.29, 0.717) is 0 Å². The van der Waals surface area contributed by atoms with Gasteiger partial charge in [-0.3, -0.25) is 14.4 Å². The maximum atomic E-state index is 11.7. The predicted octanol–water partition coefficient (Wildman–Crippen LogP) is 0.541. The first kappa shape index (κ1) is 17.1. The highest BCUT2D eigenvalue weighted by molar-refractivity contribution is 6.03. The molecule has 25 heavy (non-hydrogen) atoms. The van der Waals surface area contributed by atoms with E-state index in [9.17, 15) is 24.6 Å². The molecule has 0 aromatic rings. The SMILES string of the molecule is O=C(C=CC=CC=CC1(O)C=CC(=O)C2OC21)NC1=C(O)CCC1=O. The lowest BCUT2D eigenvalue weighted by Gasteiger charge is -2.19. The molecule has 2 aliphatic carbocycles. The van der Waals surface area contributed by atoms with Crippen molar-refractivity contribution in [2.45, 2.75) is 30.7 Å². The number of rotatable bonds is 5. The number of epoxide rings is 1. The van der Waals surface area contributed by atoms with Crippen LogP contribution in [0.5, 0.6) is 0 Å². The number of hydrogen-bond donors (Lipinski definition) is 3. The number of ether oxygens (including phenoxy) is 1. The highest BCUT2D eigenvalue weighted by atomic mass is 16.6. The van der Waals surface area contributed by atoms with E-state index in [1.807, 2.05) is 0 Å². The van der Waals surface area contributed by atoms with Gasteiger partial charge in [0.2, 0.25) is 5.91 Å². The molecule has 1 fully saturated rings. The molecule has 3 atom stereocenters. The summed E-state index contributed by atoms with van der Waals surface area (Å²) in [4.78, 5) is 34.4. The van der Waals surface area contributed by atoms with E-state index in [1.165, 1.54) is 30.4 Å². The molecule has 0 spiro atoms. The molecule has 0 aromatic carbocycles. The zero-order valence-corrected chi connectivity index (χ0v) is 13.2. The van der Waals surface area contributed by atoms with Crippen LogP contribution in [0.2, 0.25) is 0 Å². The number of ketones is 2. The van der Waals surface area contributed by atoms with Crippen molar-refractivity contribution >= 4 is 17.5 Å². The predicted molar refractivity (Wildman–Crippen MR) is 87.2 cm³/mol. The van der Waals surface area contributed by atoms with Crippen LogP contribution in [-0.4, -0.2) is 45.5 Å². The van der Waals surface area contributed by atoms with E-state index >= 15 is 0 Å². The molecule has 3 aliphatic rings. The van der Waals surface area contributed by atoms with Crippen LogP contribution in [0.15, 0.2) is 60.1 Å². The van der Waals surface area contributed by atoms with Crippen molar-refractivity contribution in [1.29, 1.82) is 0 Å². The summed E-state index contributed by atoms with van der Waals surface area (Å²) in [6.45, 7) is 0. The van der Waals surface area contributed by atoms with Crippen molar-refractivity contribution in [1.82, 2.24) is 5.32 Å². The third-order valence-corrected chi connectivity index (χ3v) is 4.09. The van der Waals surface area contributed by atoms with Crippen LogP contribution in [0, 0.1) is 0 Å². The van der Waals surface area contributed by atoms with Crippen LogP contribution in [0.1, 0.15) is 12.8 Å². The zero-order chi connectivity index (χ0) is 18.0. The second-order valence-corrected chi connectivity index (χ2v) is 5.94. The highest BCUT2D eigenvalue weighted by Crippen LogP contribution is 2.38. The number of aliphatic hydroxyl groups excluding tert-OH is 1. The van der Waals surface area contributed by atoms with E-state index < -0.39 is 23.7 Å². The van der Waals surface area contributed by atoms with Gasteiger partial charge in [0.1, 0.15) is 29.3 Å². The number of nitrogens with one attached hydrogen (secondary N) is 1. The number of Topliss-reactive ketones (excluding diaryl/α,β-unsaturated/α-hetero) is 1. The zero-order valence-electron chi connectivity index (χ0n) is 13.2. The molecule has 3 N–H and O–H groups in total. The summed E-state index contributed by atoms with van der Waals surface area (Å²) in [6, 6.07) is 0. The molecule has 1 heterocycles. The molecule has 0 radical (unpaired) electrons. The van der Waals surface area contributed by atoms with E-state index in [-0.39, 0.29) is 35.9 Å². The van der Waals surface area contributed by atoms with Crippen LogP contribution in [0.25, 0.3) is 0 Å².